The minimum absolute atomic E-state index is 0.454. The number of thiazole rings is 2. The number of hydrogen-bond acceptors (Lipinski definition) is 11. The van der Waals surface area contributed by atoms with Crippen LogP contribution in [0.5, 0.6) is 0 Å². The van der Waals surface area contributed by atoms with Gasteiger partial charge in [-0.05, 0) is 60.5 Å². The fourth-order valence-electron chi connectivity index (χ4n) is 7.26. The van der Waals surface area contributed by atoms with Crippen molar-refractivity contribution >= 4 is 83.8 Å². The predicted molar refractivity (Wildman–Crippen MR) is 233 cm³/mol. The van der Waals surface area contributed by atoms with Crippen LogP contribution < -0.4 is 15.5 Å². The molecule has 1 aliphatic rings. The fraction of sp³-hybridized carbons (Fsp3) is 0.205. The average Bonchev–Trinajstić information content (AvgIpc) is 4.00. The van der Waals surface area contributed by atoms with Crippen molar-refractivity contribution in [3.63, 3.8) is 0 Å². The van der Waals surface area contributed by atoms with Crippen molar-refractivity contribution in [3.05, 3.63) is 114 Å². The number of para-hydroxylation sites is 4. The van der Waals surface area contributed by atoms with Crippen molar-refractivity contribution in [2.24, 2.45) is 0 Å². The summed E-state index contributed by atoms with van der Waals surface area (Å²) in [6, 6.07) is 35.7. The van der Waals surface area contributed by atoms with Crippen molar-refractivity contribution in [1.29, 1.82) is 0 Å². The third-order valence-electron chi connectivity index (χ3n) is 9.97. The van der Waals surface area contributed by atoms with Crippen molar-refractivity contribution < 1.29 is 0 Å². The first kappa shape index (κ1) is 35.3. The highest BCUT2D eigenvalue weighted by atomic mass is 32.2. The Morgan fingerprint density at radius 3 is 2.11 bits per heavy atom. The van der Waals surface area contributed by atoms with E-state index in [1.165, 1.54) is 49.1 Å². The number of thioether (sulfide) groups is 1. The molecular weight excluding hydrogens is 737 g/mol. The number of benzene rings is 5. The SMILES string of the molecule is CCCCCCCCN1CSc2cccc(-c3nc(Nc4ccccc4)nc(Nc4ccc(-c5cccc6scnc56)cc4-c4cccc5scnc45)n3)c21. The molecule has 0 saturated heterocycles. The molecule has 0 spiro atoms. The van der Waals surface area contributed by atoms with Gasteiger partial charge in [0.05, 0.1) is 43.0 Å². The number of aromatic nitrogens is 5. The van der Waals surface area contributed by atoms with Gasteiger partial charge in [0, 0.05) is 45.1 Å². The molecule has 274 valence electrons. The lowest BCUT2D eigenvalue weighted by Gasteiger charge is -2.21. The van der Waals surface area contributed by atoms with Gasteiger partial charge in [-0.3, -0.25) is 0 Å². The standard InChI is InChI=1S/C44H40N8S3/c1-2-3-4-5-6-10-24-52-28-55-38-21-13-18-33(41(38)52)42-49-43(47-30-14-8-7-9-15-30)51-44(50-42)48-35-23-22-29(31-16-11-19-36-39(31)45-26-53-36)25-34(35)32-17-12-20-37-40(32)46-27-54-37/h7-9,11-23,25-27H,2-6,10,24,28H2,1H3,(H2,47,48,49,50,51). The molecular formula is C44H40N8S3. The van der Waals surface area contributed by atoms with Crippen LogP contribution in [0.15, 0.2) is 119 Å². The van der Waals surface area contributed by atoms with Gasteiger partial charge in [-0.1, -0.05) is 93.6 Å². The average molecular weight is 777 g/mol. The smallest absolute Gasteiger partial charge is 0.232 e. The topological polar surface area (TPSA) is 91.8 Å². The first-order valence-corrected chi connectivity index (χ1v) is 21.6. The van der Waals surface area contributed by atoms with Crippen LogP contribution in [0.25, 0.3) is 54.1 Å². The summed E-state index contributed by atoms with van der Waals surface area (Å²) in [5, 5.41) is 7.11. The third-order valence-corrected chi connectivity index (χ3v) is 12.6. The molecule has 3 aromatic heterocycles. The van der Waals surface area contributed by atoms with Crippen LogP contribution in [-0.2, 0) is 0 Å². The van der Waals surface area contributed by atoms with E-state index in [1.54, 1.807) is 22.7 Å². The van der Waals surface area contributed by atoms with Crippen LogP contribution in [0.2, 0.25) is 0 Å². The number of rotatable bonds is 14. The second kappa shape index (κ2) is 16.2. The van der Waals surface area contributed by atoms with Crippen molar-refractivity contribution in [2.45, 2.75) is 50.3 Å². The van der Waals surface area contributed by atoms with Gasteiger partial charge in [0.15, 0.2) is 5.82 Å². The Morgan fingerprint density at radius 1 is 0.618 bits per heavy atom. The lowest BCUT2D eigenvalue weighted by Crippen LogP contribution is -2.21. The van der Waals surface area contributed by atoms with Gasteiger partial charge in [-0.15, -0.1) is 34.4 Å². The number of nitrogens with zero attached hydrogens (tertiary/aromatic N) is 6. The van der Waals surface area contributed by atoms with Crippen LogP contribution in [0, 0.1) is 0 Å². The molecule has 8 nitrogen and oxygen atoms in total. The summed E-state index contributed by atoms with van der Waals surface area (Å²) in [7, 11) is 0. The third kappa shape index (κ3) is 7.52. The van der Waals surface area contributed by atoms with Crippen LogP contribution >= 0.6 is 34.4 Å². The van der Waals surface area contributed by atoms with E-state index in [9.17, 15) is 0 Å². The van der Waals surface area contributed by atoms with E-state index in [0.717, 1.165) is 72.0 Å². The van der Waals surface area contributed by atoms with Crippen molar-refractivity contribution in [1.82, 2.24) is 24.9 Å². The summed E-state index contributed by atoms with van der Waals surface area (Å²) >= 11 is 5.19. The lowest BCUT2D eigenvalue weighted by atomic mass is 9.96. The van der Waals surface area contributed by atoms with Crippen LogP contribution in [0.1, 0.15) is 45.4 Å². The molecule has 11 heteroatoms. The van der Waals surface area contributed by atoms with E-state index < -0.39 is 0 Å². The van der Waals surface area contributed by atoms with E-state index in [2.05, 4.69) is 95.3 Å². The molecule has 0 atom stereocenters. The lowest BCUT2D eigenvalue weighted by molar-refractivity contribution is 0.605. The number of hydrogen-bond donors (Lipinski definition) is 2. The zero-order chi connectivity index (χ0) is 37.0. The van der Waals surface area contributed by atoms with Gasteiger partial charge < -0.3 is 15.5 Å². The van der Waals surface area contributed by atoms with Crippen molar-refractivity contribution in [2.75, 3.05) is 28.0 Å². The monoisotopic (exact) mass is 776 g/mol. The molecule has 8 aromatic rings. The van der Waals surface area contributed by atoms with Gasteiger partial charge in [0.2, 0.25) is 11.9 Å². The van der Waals surface area contributed by atoms with Gasteiger partial charge in [-0.2, -0.15) is 15.0 Å². The Kier molecular flexibility index (Phi) is 10.4. The van der Waals surface area contributed by atoms with E-state index in [0.29, 0.717) is 17.7 Å². The van der Waals surface area contributed by atoms with Crippen LogP contribution in [0.3, 0.4) is 0 Å². The molecule has 0 unspecified atom stereocenters. The summed E-state index contributed by atoms with van der Waals surface area (Å²) in [4.78, 5) is 28.5. The Morgan fingerprint density at radius 2 is 1.31 bits per heavy atom. The molecule has 2 N–H and O–H groups in total. The molecule has 0 amide bonds. The molecule has 1 aliphatic heterocycles. The van der Waals surface area contributed by atoms with Gasteiger partial charge in [0.1, 0.15) is 0 Å². The minimum Gasteiger partial charge on any atom is -0.360 e. The number of fused-ring (bicyclic) bond motifs is 3. The Hall–Kier alpha value is -5.36. The summed E-state index contributed by atoms with van der Waals surface area (Å²) < 4.78 is 2.30. The summed E-state index contributed by atoms with van der Waals surface area (Å²) in [5.41, 5.74) is 14.0. The van der Waals surface area contributed by atoms with E-state index >= 15 is 0 Å². The second-order valence-electron chi connectivity index (χ2n) is 13.6. The van der Waals surface area contributed by atoms with Gasteiger partial charge in [0.25, 0.3) is 0 Å². The molecule has 0 bridgehead atoms. The highest BCUT2D eigenvalue weighted by molar-refractivity contribution is 7.99. The molecule has 5 aromatic carbocycles. The first-order valence-electron chi connectivity index (χ1n) is 18.9. The quantitative estimate of drug-likeness (QED) is 0.105. The van der Waals surface area contributed by atoms with E-state index in [1.807, 2.05) is 53.1 Å². The highest BCUT2D eigenvalue weighted by Gasteiger charge is 2.25. The van der Waals surface area contributed by atoms with E-state index in [4.69, 9.17) is 24.9 Å². The molecule has 0 fully saturated rings. The van der Waals surface area contributed by atoms with Crippen LogP contribution in [0.4, 0.5) is 29.0 Å². The van der Waals surface area contributed by atoms with Crippen molar-refractivity contribution in [3.8, 4) is 33.6 Å². The second-order valence-corrected chi connectivity index (χ2v) is 16.4. The molecule has 0 radical (unpaired) electrons. The normalized spacial score (nSPS) is 12.4. The molecule has 9 rings (SSSR count). The summed E-state index contributed by atoms with van der Waals surface area (Å²) in [5.74, 6) is 2.48. The zero-order valence-corrected chi connectivity index (χ0v) is 33.0. The number of anilines is 5. The molecule has 0 saturated carbocycles. The molecule has 4 heterocycles. The zero-order valence-electron chi connectivity index (χ0n) is 30.5. The number of nitrogens with one attached hydrogen (secondary N) is 2. The highest BCUT2D eigenvalue weighted by Crippen LogP contribution is 2.45. The first-order chi connectivity index (χ1) is 27.2. The Bertz CT molecular complexity index is 2580. The molecule has 0 aliphatic carbocycles. The maximum atomic E-state index is 5.15. The fourth-order valence-corrected chi connectivity index (χ4v) is 9.77. The maximum absolute atomic E-state index is 5.15. The largest absolute Gasteiger partial charge is 0.360 e. The van der Waals surface area contributed by atoms with Gasteiger partial charge in [-0.25, -0.2) is 9.97 Å². The number of unbranched alkanes of at least 4 members (excludes halogenated alkanes) is 5. The van der Waals surface area contributed by atoms with Crippen LogP contribution in [-0.4, -0.2) is 37.3 Å². The van der Waals surface area contributed by atoms with E-state index in [-0.39, 0.29) is 0 Å². The maximum Gasteiger partial charge on any atom is 0.232 e. The molecule has 55 heavy (non-hydrogen) atoms. The predicted octanol–water partition coefficient (Wildman–Crippen LogP) is 12.8. The summed E-state index contributed by atoms with van der Waals surface area (Å²) in [6.45, 7) is 3.28. The Labute approximate surface area is 333 Å². The van der Waals surface area contributed by atoms with Gasteiger partial charge >= 0.3 is 0 Å². The Balaban J connectivity index is 1.13. The summed E-state index contributed by atoms with van der Waals surface area (Å²) in [6.07, 6.45) is 7.61. The minimum atomic E-state index is 0.454.